The lowest BCUT2D eigenvalue weighted by atomic mass is 10.4. The maximum Gasteiger partial charge on any atom is 0.243 e. The summed E-state index contributed by atoms with van der Waals surface area (Å²) in [6, 6.07) is 8.75. The van der Waals surface area contributed by atoms with Gasteiger partial charge in [-0.25, -0.2) is 16.8 Å². The molecule has 0 saturated carbocycles. The van der Waals surface area contributed by atoms with Crippen molar-refractivity contribution in [2.45, 2.75) is 23.3 Å². The first-order chi connectivity index (χ1) is 12.7. The number of nitrogens with zero attached hydrogens (tertiary/aromatic N) is 2. The molecule has 0 amide bonds. The normalized spacial score (nSPS) is 16.7. The zero-order valence-electron chi connectivity index (χ0n) is 15.2. The smallest absolute Gasteiger partial charge is 0.243 e. The molecule has 0 aliphatic carbocycles. The van der Waals surface area contributed by atoms with Gasteiger partial charge in [-0.05, 0) is 43.3 Å². The summed E-state index contributed by atoms with van der Waals surface area (Å²) < 4.78 is 63.8. The maximum atomic E-state index is 12.7. The van der Waals surface area contributed by atoms with E-state index in [1.54, 1.807) is 19.1 Å². The van der Waals surface area contributed by atoms with Crippen LogP contribution < -0.4 is 0 Å². The van der Waals surface area contributed by atoms with E-state index in [2.05, 4.69) is 0 Å². The molecular formula is C17H22N2O6S2. The maximum absolute atomic E-state index is 12.7. The van der Waals surface area contributed by atoms with Crippen molar-refractivity contribution in [3.63, 3.8) is 0 Å². The van der Waals surface area contributed by atoms with Crippen molar-refractivity contribution in [2.24, 2.45) is 0 Å². The minimum Gasteiger partial charge on any atom is -0.465 e. The van der Waals surface area contributed by atoms with Crippen LogP contribution in [-0.2, 0) is 31.3 Å². The highest BCUT2D eigenvalue weighted by Gasteiger charge is 2.27. The summed E-state index contributed by atoms with van der Waals surface area (Å²) in [4.78, 5) is 0.0851. The van der Waals surface area contributed by atoms with Crippen LogP contribution in [0.3, 0.4) is 0 Å². The molecule has 0 N–H and O–H groups in total. The molecule has 1 fully saturated rings. The second-order valence-corrected chi connectivity index (χ2v) is 10.2. The molecule has 0 radical (unpaired) electrons. The van der Waals surface area contributed by atoms with Crippen molar-refractivity contribution in [3.05, 3.63) is 47.9 Å². The zero-order valence-corrected chi connectivity index (χ0v) is 16.8. The van der Waals surface area contributed by atoms with Gasteiger partial charge < -0.3 is 9.15 Å². The van der Waals surface area contributed by atoms with Crippen LogP contribution in [0.4, 0.5) is 0 Å². The number of furan rings is 1. The molecule has 0 unspecified atom stereocenters. The third kappa shape index (κ3) is 4.25. The highest BCUT2D eigenvalue weighted by Crippen LogP contribution is 2.22. The van der Waals surface area contributed by atoms with Crippen molar-refractivity contribution in [3.8, 4) is 0 Å². The van der Waals surface area contributed by atoms with Crippen molar-refractivity contribution in [1.82, 2.24) is 8.61 Å². The average molecular weight is 415 g/mol. The SMILES string of the molecule is Cc1ccc(CN(C)S(=O)(=O)c2ccc(S(=O)(=O)N3CCOCC3)cc2)o1. The standard InChI is InChI=1S/C17H22N2O6S2/c1-14-3-4-15(25-14)13-18(2)26(20,21)16-5-7-17(8-6-16)27(22,23)19-9-11-24-12-10-19/h3-8H,9-13H2,1-2H3. The van der Waals surface area contributed by atoms with Crippen molar-refractivity contribution in [2.75, 3.05) is 33.4 Å². The van der Waals surface area contributed by atoms with Crippen LogP contribution in [0.25, 0.3) is 0 Å². The fourth-order valence-corrected chi connectivity index (χ4v) is 5.32. The van der Waals surface area contributed by atoms with E-state index < -0.39 is 20.0 Å². The van der Waals surface area contributed by atoms with Crippen molar-refractivity contribution < 1.29 is 26.0 Å². The van der Waals surface area contributed by atoms with Crippen LogP contribution in [0.2, 0.25) is 0 Å². The van der Waals surface area contributed by atoms with Gasteiger partial charge in [0.15, 0.2) is 0 Å². The molecule has 1 aliphatic heterocycles. The van der Waals surface area contributed by atoms with Crippen LogP contribution in [0.5, 0.6) is 0 Å². The van der Waals surface area contributed by atoms with Gasteiger partial charge in [0.05, 0.1) is 29.5 Å². The lowest BCUT2D eigenvalue weighted by Gasteiger charge is -2.26. The molecule has 0 spiro atoms. The van der Waals surface area contributed by atoms with Crippen molar-refractivity contribution in [1.29, 1.82) is 0 Å². The lowest BCUT2D eigenvalue weighted by Crippen LogP contribution is -2.40. The molecule has 0 bridgehead atoms. The Labute approximate surface area is 159 Å². The van der Waals surface area contributed by atoms with Crippen LogP contribution in [0.1, 0.15) is 11.5 Å². The van der Waals surface area contributed by atoms with E-state index in [0.29, 0.717) is 24.7 Å². The number of hydrogen-bond donors (Lipinski definition) is 0. The Bertz CT molecular complexity index is 990. The number of aryl methyl sites for hydroxylation is 1. The predicted octanol–water partition coefficient (Wildman–Crippen LogP) is 1.43. The molecule has 27 heavy (non-hydrogen) atoms. The number of ether oxygens (including phenoxy) is 1. The van der Waals surface area contributed by atoms with Gasteiger partial charge in [0.1, 0.15) is 11.5 Å². The number of sulfonamides is 2. The van der Waals surface area contributed by atoms with E-state index in [9.17, 15) is 16.8 Å². The molecule has 1 aliphatic rings. The molecule has 2 heterocycles. The molecule has 1 saturated heterocycles. The topological polar surface area (TPSA) is 97.1 Å². The number of benzene rings is 1. The summed E-state index contributed by atoms with van der Waals surface area (Å²) in [5.41, 5.74) is 0. The first kappa shape index (κ1) is 20.0. The van der Waals surface area contributed by atoms with E-state index in [0.717, 1.165) is 4.31 Å². The molecule has 8 nitrogen and oxygen atoms in total. The molecular weight excluding hydrogens is 392 g/mol. The molecule has 10 heteroatoms. The van der Waals surface area contributed by atoms with E-state index in [1.807, 2.05) is 0 Å². The minimum atomic E-state index is -3.77. The zero-order chi connectivity index (χ0) is 19.7. The molecule has 1 aromatic heterocycles. The van der Waals surface area contributed by atoms with E-state index in [4.69, 9.17) is 9.15 Å². The van der Waals surface area contributed by atoms with E-state index in [-0.39, 0.29) is 29.4 Å². The molecule has 1 aromatic carbocycles. The Morgan fingerprint density at radius 2 is 1.56 bits per heavy atom. The Kier molecular flexibility index (Phi) is 5.73. The molecule has 2 aromatic rings. The van der Waals surface area contributed by atoms with Crippen LogP contribution >= 0.6 is 0 Å². The van der Waals surface area contributed by atoms with Crippen LogP contribution in [0.15, 0.2) is 50.6 Å². The quantitative estimate of drug-likeness (QED) is 0.709. The lowest BCUT2D eigenvalue weighted by molar-refractivity contribution is 0.0730. The third-order valence-electron chi connectivity index (χ3n) is 4.31. The van der Waals surface area contributed by atoms with Crippen LogP contribution in [-0.4, -0.2) is 58.8 Å². The number of morpholine rings is 1. The fraction of sp³-hybridized carbons (Fsp3) is 0.412. The third-order valence-corrected chi connectivity index (χ3v) is 8.04. The Morgan fingerprint density at radius 3 is 2.11 bits per heavy atom. The molecule has 3 rings (SSSR count). The summed E-state index contributed by atoms with van der Waals surface area (Å²) >= 11 is 0. The Balaban J connectivity index is 1.79. The van der Waals surface area contributed by atoms with E-state index in [1.165, 1.54) is 35.6 Å². The van der Waals surface area contributed by atoms with Gasteiger partial charge in [0, 0.05) is 20.1 Å². The van der Waals surface area contributed by atoms with Crippen molar-refractivity contribution >= 4 is 20.0 Å². The largest absolute Gasteiger partial charge is 0.465 e. The number of hydrogen-bond acceptors (Lipinski definition) is 6. The summed E-state index contributed by atoms with van der Waals surface area (Å²) in [7, 11) is -5.98. The van der Waals surface area contributed by atoms with Gasteiger partial charge in [0.25, 0.3) is 0 Å². The number of rotatable bonds is 6. The Morgan fingerprint density at radius 1 is 0.963 bits per heavy atom. The molecule has 0 atom stereocenters. The monoisotopic (exact) mass is 414 g/mol. The summed E-state index contributed by atoms with van der Waals surface area (Å²) in [6.45, 7) is 3.14. The summed E-state index contributed by atoms with van der Waals surface area (Å²) in [6.07, 6.45) is 0. The minimum absolute atomic E-state index is 0.0224. The second kappa shape index (κ2) is 7.72. The van der Waals surface area contributed by atoms with Gasteiger partial charge >= 0.3 is 0 Å². The second-order valence-electron chi connectivity index (χ2n) is 6.26. The van der Waals surface area contributed by atoms with Gasteiger partial charge in [-0.3, -0.25) is 0 Å². The van der Waals surface area contributed by atoms with E-state index >= 15 is 0 Å². The highest BCUT2D eigenvalue weighted by atomic mass is 32.2. The average Bonchev–Trinajstić information content (AvgIpc) is 3.07. The summed E-state index contributed by atoms with van der Waals surface area (Å²) in [5, 5.41) is 0. The van der Waals surface area contributed by atoms with Gasteiger partial charge in [-0.1, -0.05) is 0 Å². The first-order valence-corrected chi connectivity index (χ1v) is 11.3. The highest BCUT2D eigenvalue weighted by molar-refractivity contribution is 7.89. The van der Waals surface area contributed by atoms with Gasteiger partial charge in [-0.2, -0.15) is 8.61 Å². The Hall–Kier alpha value is -1.72. The summed E-state index contributed by atoms with van der Waals surface area (Å²) in [5.74, 6) is 1.23. The molecule has 148 valence electrons. The fourth-order valence-electron chi connectivity index (χ4n) is 2.77. The van der Waals surface area contributed by atoms with Crippen LogP contribution in [0, 0.1) is 6.92 Å². The van der Waals surface area contributed by atoms with Gasteiger partial charge in [-0.15, -0.1) is 0 Å². The first-order valence-electron chi connectivity index (χ1n) is 8.41. The predicted molar refractivity (Wildman–Crippen MR) is 98.1 cm³/mol. The van der Waals surface area contributed by atoms with Gasteiger partial charge in [0.2, 0.25) is 20.0 Å².